The van der Waals surface area contributed by atoms with Gasteiger partial charge in [-0.3, -0.25) is 14.5 Å². The number of anilines is 1. The van der Waals surface area contributed by atoms with Crippen molar-refractivity contribution in [3.05, 3.63) is 75.2 Å². The number of aromatic nitrogens is 3. The Morgan fingerprint density at radius 1 is 1.15 bits per heavy atom. The van der Waals surface area contributed by atoms with Crippen LogP contribution in [0.1, 0.15) is 11.3 Å². The third-order valence-corrected chi connectivity index (χ3v) is 5.33. The quantitative estimate of drug-likeness (QED) is 0.595. The monoisotopic (exact) mass is 464 g/mol. The molecule has 0 spiro atoms. The maximum absolute atomic E-state index is 12.6. The van der Waals surface area contributed by atoms with Gasteiger partial charge in [0.2, 0.25) is 5.91 Å². The number of hydrogen-bond acceptors (Lipinski definition) is 7. The van der Waals surface area contributed by atoms with Gasteiger partial charge >= 0.3 is 0 Å². The smallest absolute Gasteiger partial charge is 0.267 e. The van der Waals surface area contributed by atoms with Gasteiger partial charge in [0.05, 0.1) is 18.9 Å². The molecule has 1 aromatic carbocycles. The predicted octanol–water partition coefficient (Wildman–Crippen LogP) is 2.30. The van der Waals surface area contributed by atoms with E-state index in [2.05, 4.69) is 20.3 Å². The number of halogens is 1. The molecule has 2 aromatic heterocycles. The molecular formula is C23H21ClN6O3. The predicted molar refractivity (Wildman–Crippen MR) is 123 cm³/mol. The molecule has 1 N–H and O–H groups in total. The highest BCUT2D eigenvalue weighted by Gasteiger charge is 2.14. The number of nitriles is 1. The van der Waals surface area contributed by atoms with Crippen molar-refractivity contribution in [1.29, 1.82) is 5.26 Å². The molecule has 33 heavy (non-hydrogen) atoms. The Bertz CT molecular complexity index is 1250. The van der Waals surface area contributed by atoms with Gasteiger partial charge in [-0.1, -0.05) is 23.7 Å². The summed E-state index contributed by atoms with van der Waals surface area (Å²) >= 11 is 5.93. The van der Waals surface area contributed by atoms with Gasteiger partial charge in [-0.25, -0.2) is 9.67 Å². The summed E-state index contributed by atoms with van der Waals surface area (Å²) < 4.78 is 6.45. The molecule has 4 rings (SSSR count). The van der Waals surface area contributed by atoms with Gasteiger partial charge < -0.3 is 10.1 Å². The number of ether oxygens (including phenoxy) is 1. The Kier molecular flexibility index (Phi) is 7.10. The normalized spacial score (nSPS) is 13.9. The Balaban J connectivity index is 1.49. The Morgan fingerprint density at radius 2 is 1.91 bits per heavy atom. The molecule has 0 unspecified atom stereocenters. The standard InChI is InChI=1S/C23H21ClN6O3/c24-18-3-1-17(2-4-18)20-5-6-23(32)30(28-20)15-22(31)27-21-12-16(11-19(13-25)26-21)14-29-7-9-33-10-8-29/h1-6,11-12H,7-10,14-15H2,(H,26,27,31). The van der Waals surface area contributed by atoms with E-state index >= 15 is 0 Å². The fraction of sp³-hybridized carbons (Fsp3) is 0.261. The van der Waals surface area contributed by atoms with Crippen molar-refractivity contribution in [2.75, 3.05) is 31.6 Å². The molecule has 1 aliphatic rings. The van der Waals surface area contributed by atoms with Crippen molar-refractivity contribution in [3.8, 4) is 17.3 Å². The fourth-order valence-corrected chi connectivity index (χ4v) is 3.60. The van der Waals surface area contributed by atoms with Gasteiger partial charge in [-0.2, -0.15) is 10.4 Å². The van der Waals surface area contributed by atoms with E-state index in [1.54, 1.807) is 42.5 Å². The van der Waals surface area contributed by atoms with E-state index < -0.39 is 11.5 Å². The minimum absolute atomic E-state index is 0.205. The lowest BCUT2D eigenvalue weighted by Crippen LogP contribution is -2.35. The first kappa shape index (κ1) is 22.6. The Morgan fingerprint density at radius 3 is 2.64 bits per heavy atom. The number of hydrogen-bond donors (Lipinski definition) is 1. The SMILES string of the molecule is N#Cc1cc(CN2CCOCC2)cc(NC(=O)Cn2nc(-c3ccc(Cl)cc3)ccc2=O)n1. The molecule has 1 amide bonds. The highest BCUT2D eigenvalue weighted by molar-refractivity contribution is 6.30. The summed E-state index contributed by atoms with van der Waals surface area (Å²) in [5.74, 6) is -0.220. The number of benzene rings is 1. The van der Waals surface area contributed by atoms with Crippen molar-refractivity contribution >= 4 is 23.3 Å². The molecule has 0 atom stereocenters. The first-order chi connectivity index (χ1) is 16.0. The van der Waals surface area contributed by atoms with Crippen LogP contribution in [0.3, 0.4) is 0 Å². The highest BCUT2D eigenvalue weighted by atomic mass is 35.5. The number of rotatable bonds is 6. The molecule has 0 radical (unpaired) electrons. The summed E-state index contributed by atoms with van der Waals surface area (Å²) in [5.41, 5.74) is 1.96. The lowest BCUT2D eigenvalue weighted by atomic mass is 10.1. The molecule has 0 saturated carbocycles. The van der Waals surface area contributed by atoms with Gasteiger partial charge in [-0.05, 0) is 35.9 Å². The van der Waals surface area contributed by atoms with Gasteiger partial charge in [0.25, 0.3) is 5.56 Å². The number of morpholine rings is 1. The van der Waals surface area contributed by atoms with E-state index in [9.17, 15) is 14.9 Å². The van der Waals surface area contributed by atoms with Crippen LogP contribution < -0.4 is 10.9 Å². The van der Waals surface area contributed by atoms with Crippen molar-refractivity contribution < 1.29 is 9.53 Å². The van der Waals surface area contributed by atoms with Crippen molar-refractivity contribution in [3.63, 3.8) is 0 Å². The molecule has 9 nitrogen and oxygen atoms in total. The third kappa shape index (κ3) is 6.02. The molecule has 168 valence electrons. The Hall–Kier alpha value is -3.58. The molecule has 3 aromatic rings. The van der Waals surface area contributed by atoms with Crippen LogP contribution in [-0.2, 0) is 22.6 Å². The minimum Gasteiger partial charge on any atom is -0.379 e. The molecule has 10 heteroatoms. The summed E-state index contributed by atoms with van der Waals surface area (Å²) in [5, 5.41) is 16.9. The molecule has 0 bridgehead atoms. The average Bonchev–Trinajstić information content (AvgIpc) is 2.81. The largest absolute Gasteiger partial charge is 0.379 e. The number of carbonyl (C=O) groups excluding carboxylic acids is 1. The number of pyridine rings is 1. The van der Waals surface area contributed by atoms with E-state index in [0.717, 1.165) is 28.9 Å². The van der Waals surface area contributed by atoms with Gasteiger partial charge in [0.15, 0.2) is 0 Å². The zero-order chi connectivity index (χ0) is 23.2. The van der Waals surface area contributed by atoms with Crippen LogP contribution in [-0.4, -0.2) is 51.9 Å². The maximum Gasteiger partial charge on any atom is 0.267 e. The topological polar surface area (TPSA) is 113 Å². The molecule has 1 saturated heterocycles. The van der Waals surface area contributed by atoms with Gasteiger partial charge in [0.1, 0.15) is 24.1 Å². The van der Waals surface area contributed by atoms with E-state index in [1.165, 1.54) is 6.07 Å². The zero-order valence-electron chi connectivity index (χ0n) is 17.7. The second kappa shape index (κ2) is 10.4. The van der Waals surface area contributed by atoms with Crippen LogP contribution in [0.2, 0.25) is 5.02 Å². The number of carbonyl (C=O) groups is 1. The summed E-state index contributed by atoms with van der Waals surface area (Å²) in [7, 11) is 0. The summed E-state index contributed by atoms with van der Waals surface area (Å²) in [6.07, 6.45) is 0. The van der Waals surface area contributed by atoms with Gasteiger partial charge in [0, 0.05) is 36.3 Å². The van der Waals surface area contributed by atoms with Gasteiger partial charge in [-0.15, -0.1) is 0 Å². The Labute approximate surface area is 195 Å². The van der Waals surface area contributed by atoms with Crippen molar-refractivity contribution in [2.45, 2.75) is 13.1 Å². The molecule has 0 aliphatic carbocycles. The highest BCUT2D eigenvalue weighted by Crippen LogP contribution is 2.18. The molecular weight excluding hydrogens is 444 g/mol. The van der Waals surface area contributed by atoms with Crippen LogP contribution in [0.5, 0.6) is 0 Å². The maximum atomic E-state index is 12.6. The second-order valence-electron chi connectivity index (χ2n) is 7.52. The molecule has 3 heterocycles. The summed E-state index contributed by atoms with van der Waals surface area (Å²) in [6.45, 7) is 3.24. The number of nitrogens with one attached hydrogen (secondary N) is 1. The summed E-state index contributed by atoms with van der Waals surface area (Å²) in [6, 6.07) is 15.4. The van der Waals surface area contributed by atoms with E-state index in [0.29, 0.717) is 30.5 Å². The van der Waals surface area contributed by atoms with Crippen molar-refractivity contribution in [1.82, 2.24) is 19.7 Å². The second-order valence-corrected chi connectivity index (χ2v) is 7.95. The minimum atomic E-state index is -0.474. The summed E-state index contributed by atoms with van der Waals surface area (Å²) in [4.78, 5) is 31.3. The van der Waals surface area contributed by atoms with E-state index in [1.807, 2.05) is 6.07 Å². The average molecular weight is 465 g/mol. The lowest BCUT2D eigenvalue weighted by molar-refractivity contribution is -0.117. The fourth-order valence-electron chi connectivity index (χ4n) is 3.47. The lowest BCUT2D eigenvalue weighted by Gasteiger charge is -2.26. The first-order valence-electron chi connectivity index (χ1n) is 10.4. The number of amides is 1. The molecule has 1 fully saturated rings. The van der Waals surface area contributed by atoms with Crippen LogP contribution >= 0.6 is 11.6 Å². The van der Waals surface area contributed by atoms with Crippen LogP contribution in [0.25, 0.3) is 11.3 Å². The zero-order valence-corrected chi connectivity index (χ0v) is 18.5. The van der Waals surface area contributed by atoms with E-state index in [4.69, 9.17) is 16.3 Å². The van der Waals surface area contributed by atoms with Crippen LogP contribution in [0.15, 0.2) is 53.3 Å². The van der Waals surface area contributed by atoms with Crippen LogP contribution in [0, 0.1) is 11.3 Å². The number of nitrogens with zero attached hydrogens (tertiary/aromatic N) is 5. The van der Waals surface area contributed by atoms with Crippen molar-refractivity contribution in [2.24, 2.45) is 0 Å². The van der Waals surface area contributed by atoms with Crippen LogP contribution in [0.4, 0.5) is 5.82 Å². The molecule has 1 aliphatic heterocycles. The first-order valence-corrected chi connectivity index (χ1v) is 10.7. The van der Waals surface area contributed by atoms with E-state index in [-0.39, 0.29) is 18.1 Å². The third-order valence-electron chi connectivity index (χ3n) is 5.08.